The van der Waals surface area contributed by atoms with Gasteiger partial charge in [0.15, 0.2) is 11.5 Å². The van der Waals surface area contributed by atoms with Crippen LogP contribution in [0.15, 0.2) is 12.1 Å². The predicted octanol–water partition coefficient (Wildman–Crippen LogP) is 9.02. The van der Waals surface area contributed by atoms with Gasteiger partial charge >= 0.3 is 23.9 Å². The number of esters is 4. The average Bonchev–Trinajstić information content (AvgIpc) is 3.87. The van der Waals surface area contributed by atoms with Crippen LogP contribution in [0.2, 0.25) is 30.1 Å². The van der Waals surface area contributed by atoms with Gasteiger partial charge in [-0.05, 0) is 60.5 Å². The molecular formula is C30H28Cl6O8. The second-order valence-corrected chi connectivity index (χ2v) is 13.9. The Morgan fingerprint density at radius 1 is 0.636 bits per heavy atom. The van der Waals surface area contributed by atoms with Gasteiger partial charge in [-0.1, -0.05) is 97.3 Å². The highest BCUT2D eigenvalue weighted by atomic mass is 35.5. The SMILES string of the molecule is CC(C)C1CC1COC(=O)c1c(Cl)c(Cl)cc(Cl)c1OC(=O)C(=O)Oc1c(Cl)cc(Cl)c(Cl)c1C(=O)OCC1CC1C(C)C. The first-order valence-corrected chi connectivity index (χ1v) is 16.0. The Kier molecular flexibility index (Phi) is 11.3. The number of benzene rings is 2. The fourth-order valence-corrected chi connectivity index (χ4v) is 6.50. The van der Waals surface area contributed by atoms with E-state index in [1.807, 2.05) is 0 Å². The minimum atomic E-state index is -1.64. The number of carbonyl (C=O) groups excluding carboxylic acids is 4. The standard InChI is InChI=1S/C30H28Cl6O8/c1-11(2)15-5-13(15)9-41-27(37)21-23(35)17(31)7-19(33)25(21)43-29(39)30(40)44-26-20(34)8-18(32)24(36)22(26)28(38)42-10-14-6-16(14)12(3)4/h7-8,11-16H,5-6,9-10H2,1-4H3. The van der Waals surface area contributed by atoms with Crippen molar-refractivity contribution in [1.82, 2.24) is 0 Å². The number of rotatable bonds is 10. The third kappa shape index (κ3) is 7.88. The van der Waals surface area contributed by atoms with Crippen LogP contribution >= 0.6 is 69.6 Å². The number of hydrogen-bond acceptors (Lipinski definition) is 8. The lowest BCUT2D eigenvalue weighted by molar-refractivity contribution is -0.156. The molecule has 238 valence electrons. The largest absolute Gasteiger partial charge is 0.462 e. The van der Waals surface area contributed by atoms with E-state index in [0.717, 1.165) is 25.0 Å². The highest BCUT2D eigenvalue weighted by Gasteiger charge is 2.41. The maximum absolute atomic E-state index is 13.0. The topological polar surface area (TPSA) is 105 Å². The molecule has 8 nitrogen and oxygen atoms in total. The van der Waals surface area contributed by atoms with Crippen molar-refractivity contribution in [1.29, 1.82) is 0 Å². The molecule has 0 saturated heterocycles. The van der Waals surface area contributed by atoms with E-state index in [0.29, 0.717) is 23.7 Å². The molecule has 0 aromatic heterocycles. The molecule has 2 aromatic rings. The number of hydrogen-bond donors (Lipinski definition) is 0. The van der Waals surface area contributed by atoms with Crippen molar-refractivity contribution < 1.29 is 38.1 Å². The van der Waals surface area contributed by atoms with E-state index < -0.39 is 46.5 Å². The fraction of sp³-hybridized carbons (Fsp3) is 0.467. The molecule has 4 unspecified atom stereocenters. The maximum Gasteiger partial charge on any atom is 0.423 e. The molecule has 2 aromatic carbocycles. The van der Waals surface area contributed by atoms with Crippen LogP contribution in [0, 0.1) is 35.5 Å². The van der Waals surface area contributed by atoms with Crippen molar-refractivity contribution in [2.45, 2.75) is 40.5 Å². The molecule has 0 amide bonds. The van der Waals surface area contributed by atoms with Gasteiger partial charge in [0.25, 0.3) is 0 Å². The van der Waals surface area contributed by atoms with Crippen LogP contribution in [0.4, 0.5) is 0 Å². The van der Waals surface area contributed by atoms with Crippen LogP contribution in [0.1, 0.15) is 61.3 Å². The quantitative estimate of drug-likeness (QED) is 0.103. The van der Waals surface area contributed by atoms with E-state index in [1.165, 1.54) is 0 Å². The van der Waals surface area contributed by atoms with Crippen LogP contribution in [0.5, 0.6) is 11.5 Å². The molecule has 0 spiro atoms. The third-order valence-corrected chi connectivity index (χ3v) is 9.88. The van der Waals surface area contributed by atoms with Gasteiger partial charge in [0.1, 0.15) is 11.1 Å². The molecule has 2 aliphatic rings. The molecule has 2 aliphatic carbocycles. The van der Waals surface area contributed by atoms with Crippen LogP contribution < -0.4 is 9.47 Å². The molecule has 4 atom stereocenters. The normalized spacial score (nSPS) is 20.4. The van der Waals surface area contributed by atoms with Gasteiger partial charge in [0, 0.05) is 0 Å². The highest BCUT2D eigenvalue weighted by molar-refractivity contribution is 6.47. The molecular weight excluding hydrogens is 701 g/mol. The summed E-state index contributed by atoms with van der Waals surface area (Å²) in [5.74, 6) is -4.33. The zero-order valence-electron chi connectivity index (χ0n) is 24.0. The lowest BCUT2D eigenvalue weighted by Crippen LogP contribution is -2.27. The van der Waals surface area contributed by atoms with Gasteiger partial charge in [0.05, 0.1) is 43.3 Å². The van der Waals surface area contributed by atoms with E-state index in [1.54, 1.807) is 0 Å². The summed E-state index contributed by atoms with van der Waals surface area (Å²) in [6, 6.07) is 2.25. The lowest BCUT2D eigenvalue weighted by atomic mass is 10.1. The smallest absolute Gasteiger partial charge is 0.423 e. The molecule has 0 radical (unpaired) electrons. The van der Waals surface area contributed by atoms with Crippen molar-refractivity contribution in [3.05, 3.63) is 53.4 Å². The number of carbonyl (C=O) groups is 4. The maximum atomic E-state index is 13.0. The van der Waals surface area contributed by atoms with Gasteiger partial charge in [-0.3, -0.25) is 0 Å². The Hall–Kier alpha value is -1.94. The summed E-state index contributed by atoms with van der Waals surface area (Å²) in [6.45, 7) is 8.50. The summed E-state index contributed by atoms with van der Waals surface area (Å²) in [5.41, 5.74) is -0.910. The lowest BCUT2D eigenvalue weighted by Gasteiger charge is -2.16. The second-order valence-electron chi connectivity index (χ2n) is 11.5. The Balaban J connectivity index is 1.52. The molecule has 2 saturated carbocycles. The molecule has 0 bridgehead atoms. The molecule has 0 N–H and O–H groups in total. The highest BCUT2D eigenvalue weighted by Crippen LogP contribution is 2.46. The van der Waals surface area contributed by atoms with Gasteiger partial charge < -0.3 is 18.9 Å². The monoisotopic (exact) mass is 726 g/mol. The Labute approximate surface area is 284 Å². The Bertz CT molecular complexity index is 1400. The van der Waals surface area contributed by atoms with E-state index in [9.17, 15) is 19.2 Å². The third-order valence-electron chi connectivity index (χ3n) is 7.74. The molecule has 0 heterocycles. The Morgan fingerprint density at radius 3 is 1.27 bits per heavy atom. The van der Waals surface area contributed by atoms with Crippen molar-refractivity contribution >= 4 is 93.5 Å². The van der Waals surface area contributed by atoms with E-state index >= 15 is 0 Å². The zero-order valence-corrected chi connectivity index (χ0v) is 28.5. The van der Waals surface area contributed by atoms with Gasteiger partial charge in [-0.15, -0.1) is 0 Å². The van der Waals surface area contributed by atoms with Crippen LogP contribution in [-0.4, -0.2) is 37.1 Å². The van der Waals surface area contributed by atoms with Gasteiger partial charge in [-0.2, -0.15) is 0 Å². The first-order chi connectivity index (χ1) is 20.6. The summed E-state index contributed by atoms with van der Waals surface area (Å²) in [5, 5.41) is -1.46. The van der Waals surface area contributed by atoms with Crippen LogP contribution in [-0.2, 0) is 19.1 Å². The molecule has 0 aliphatic heterocycles. The number of halogens is 6. The van der Waals surface area contributed by atoms with Crippen LogP contribution in [0.25, 0.3) is 0 Å². The molecule has 14 heteroatoms. The minimum Gasteiger partial charge on any atom is -0.462 e. The molecule has 2 fully saturated rings. The fourth-order valence-electron chi connectivity index (χ4n) is 5.06. The zero-order chi connectivity index (χ0) is 32.6. The Morgan fingerprint density at radius 2 is 0.977 bits per heavy atom. The second kappa shape index (κ2) is 14.2. The first-order valence-electron chi connectivity index (χ1n) is 13.7. The first kappa shape index (κ1) is 34.9. The van der Waals surface area contributed by atoms with Crippen molar-refractivity contribution in [2.24, 2.45) is 35.5 Å². The van der Waals surface area contributed by atoms with E-state index in [4.69, 9.17) is 88.6 Å². The van der Waals surface area contributed by atoms with Gasteiger partial charge in [0.2, 0.25) is 0 Å². The van der Waals surface area contributed by atoms with E-state index in [-0.39, 0.29) is 55.2 Å². The van der Waals surface area contributed by atoms with Crippen molar-refractivity contribution in [3.63, 3.8) is 0 Å². The average molecular weight is 729 g/mol. The van der Waals surface area contributed by atoms with Gasteiger partial charge in [-0.25, -0.2) is 19.2 Å². The summed E-state index contributed by atoms with van der Waals surface area (Å²) in [4.78, 5) is 51.8. The summed E-state index contributed by atoms with van der Waals surface area (Å²) >= 11 is 37.2. The summed E-state index contributed by atoms with van der Waals surface area (Å²) in [6.07, 6.45) is 1.79. The number of ether oxygens (including phenoxy) is 4. The van der Waals surface area contributed by atoms with Crippen LogP contribution in [0.3, 0.4) is 0 Å². The van der Waals surface area contributed by atoms with E-state index in [2.05, 4.69) is 27.7 Å². The van der Waals surface area contributed by atoms with Crippen molar-refractivity contribution in [2.75, 3.05) is 13.2 Å². The molecule has 44 heavy (non-hydrogen) atoms. The summed E-state index contributed by atoms with van der Waals surface area (Å²) < 4.78 is 21.1. The predicted molar refractivity (Wildman–Crippen MR) is 168 cm³/mol. The van der Waals surface area contributed by atoms with Crippen molar-refractivity contribution in [3.8, 4) is 11.5 Å². The summed E-state index contributed by atoms with van der Waals surface area (Å²) in [7, 11) is 0. The minimum absolute atomic E-state index is 0.102. The molecule has 4 rings (SSSR count).